The molecule has 0 aromatic heterocycles. The lowest BCUT2D eigenvalue weighted by molar-refractivity contribution is 0.597. The lowest BCUT2D eigenvalue weighted by Crippen LogP contribution is -2.19. The van der Waals surface area contributed by atoms with Crippen LogP contribution in [-0.2, 0) is 10.0 Å². The maximum atomic E-state index is 11.4. The largest absolute Gasteiger partial charge is 0.371 e. The Morgan fingerprint density at radius 1 is 1.25 bits per heavy atom. The van der Waals surface area contributed by atoms with Gasteiger partial charge in [-0.05, 0) is 37.5 Å². The minimum Gasteiger partial charge on any atom is -0.371 e. The summed E-state index contributed by atoms with van der Waals surface area (Å²) in [6, 6.07) is 5.44. The Morgan fingerprint density at radius 2 is 1.88 bits per heavy atom. The number of primary sulfonamides is 1. The van der Waals surface area contributed by atoms with Crippen LogP contribution in [0.3, 0.4) is 0 Å². The number of benzene rings is 1. The molecule has 0 aliphatic carbocycles. The zero-order valence-electron chi connectivity index (χ0n) is 9.31. The number of rotatable bonds is 2. The molecule has 0 spiro atoms. The second kappa shape index (κ2) is 4.07. The van der Waals surface area contributed by atoms with Gasteiger partial charge in [0.2, 0.25) is 10.0 Å². The van der Waals surface area contributed by atoms with Gasteiger partial charge in [-0.1, -0.05) is 6.07 Å². The van der Waals surface area contributed by atoms with Crippen LogP contribution >= 0.6 is 0 Å². The van der Waals surface area contributed by atoms with Gasteiger partial charge < -0.3 is 4.90 Å². The molecule has 1 fully saturated rings. The van der Waals surface area contributed by atoms with Gasteiger partial charge in [0.25, 0.3) is 0 Å². The molecule has 1 aromatic carbocycles. The van der Waals surface area contributed by atoms with Crippen molar-refractivity contribution in [3.8, 4) is 0 Å². The van der Waals surface area contributed by atoms with Crippen LogP contribution in [0.1, 0.15) is 18.4 Å². The number of anilines is 1. The van der Waals surface area contributed by atoms with E-state index in [1.807, 2.05) is 12.1 Å². The normalized spacial score (nSPS) is 16.8. The molecule has 2 N–H and O–H groups in total. The first-order valence-electron chi connectivity index (χ1n) is 5.37. The summed E-state index contributed by atoms with van der Waals surface area (Å²) < 4.78 is 22.8. The van der Waals surface area contributed by atoms with Crippen molar-refractivity contribution in [3.05, 3.63) is 23.8 Å². The lowest BCUT2D eigenvalue weighted by Gasteiger charge is -2.18. The van der Waals surface area contributed by atoms with E-state index in [-0.39, 0.29) is 4.90 Å². The van der Waals surface area contributed by atoms with Gasteiger partial charge >= 0.3 is 0 Å². The second-order valence-electron chi connectivity index (χ2n) is 4.19. The summed E-state index contributed by atoms with van der Waals surface area (Å²) in [4.78, 5) is 2.42. The molecule has 16 heavy (non-hydrogen) atoms. The Labute approximate surface area is 96.1 Å². The lowest BCUT2D eigenvalue weighted by atomic mass is 10.2. The van der Waals surface area contributed by atoms with Crippen LogP contribution in [0.4, 0.5) is 5.69 Å². The first-order chi connectivity index (χ1) is 7.48. The topological polar surface area (TPSA) is 63.4 Å². The molecule has 1 aliphatic rings. The van der Waals surface area contributed by atoms with E-state index in [0.29, 0.717) is 5.56 Å². The van der Waals surface area contributed by atoms with Gasteiger partial charge in [-0.25, -0.2) is 13.6 Å². The highest BCUT2D eigenvalue weighted by Crippen LogP contribution is 2.24. The van der Waals surface area contributed by atoms with Crippen LogP contribution in [0.5, 0.6) is 0 Å². The van der Waals surface area contributed by atoms with E-state index in [1.165, 1.54) is 12.8 Å². The minimum absolute atomic E-state index is 0.233. The zero-order valence-corrected chi connectivity index (χ0v) is 10.1. The van der Waals surface area contributed by atoms with E-state index in [4.69, 9.17) is 5.14 Å². The molecule has 2 rings (SSSR count). The zero-order chi connectivity index (χ0) is 11.8. The molecule has 0 atom stereocenters. The number of hydrogen-bond acceptors (Lipinski definition) is 3. The molecule has 88 valence electrons. The fraction of sp³-hybridized carbons (Fsp3) is 0.455. The molecule has 0 radical (unpaired) electrons. The Bertz CT molecular complexity index is 491. The number of sulfonamides is 1. The third-order valence-electron chi connectivity index (χ3n) is 2.95. The van der Waals surface area contributed by atoms with E-state index < -0.39 is 10.0 Å². The highest BCUT2D eigenvalue weighted by Gasteiger charge is 2.17. The van der Waals surface area contributed by atoms with Crippen molar-refractivity contribution in [2.75, 3.05) is 18.0 Å². The average Bonchev–Trinajstić information content (AvgIpc) is 2.69. The fourth-order valence-corrected chi connectivity index (χ4v) is 2.87. The maximum absolute atomic E-state index is 11.4. The summed E-state index contributed by atoms with van der Waals surface area (Å²) >= 11 is 0. The Kier molecular flexibility index (Phi) is 2.90. The van der Waals surface area contributed by atoms with E-state index in [2.05, 4.69) is 4.90 Å². The molecule has 4 nitrogen and oxygen atoms in total. The first kappa shape index (κ1) is 11.4. The summed E-state index contributed by atoms with van der Waals surface area (Å²) in [6.45, 7) is 3.74. The van der Waals surface area contributed by atoms with Gasteiger partial charge in [0.1, 0.15) is 0 Å². The van der Waals surface area contributed by atoms with Gasteiger partial charge in [-0.3, -0.25) is 0 Å². The summed E-state index contributed by atoms with van der Waals surface area (Å²) in [5.41, 5.74) is 1.65. The first-order valence-corrected chi connectivity index (χ1v) is 6.91. The van der Waals surface area contributed by atoms with Crippen LogP contribution in [-0.4, -0.2) is 21.5 Å². The smallest absolute Gasteiger partial charge is 0.238 e. The van der Waals surface area contributed by atoms with Crippen molar-refractivity contribution in [2.24, 2.45) is 5.14 Å². The molecular weight excluding hydrogens is 224 g/mol. The van der Waals surface area contributed by atoms with Gasteiger partial charge in [0.05, 0.1) is 4.90 Å². The van der Waals surface area contributed by atoms with Crippen molar-refractivity contribution >= 4 is 15.7 Å². The summed E-state index contributed by atoms with van der Waals surface area (Å²) in [6.07, 6.45) is 2.33. The number of hydrogen-bond donors (Lipinski definition) is 1. The predicted molar refractivity (Wildman–Crippen MR) is 64.0 cm³/mol. The van der Waals surface area contributed by atoms with Crippen molar-refractivity contribution in [1.82, 2.24) is 0 Å². The number of aryl methyl sites for hydroxylation is 1. The van der Waals surface area contributed by atoms with Gasteiger partial charge in [-0.2, -0.15) is 0 Å². The monoisotopic (exact) mass is 240 g/mol. The van der Waals surface area contributed by atoms with E-state index in [9.17, 15) is 8.42 Å². The number of nitrogens with zero attached hydrogens (tertiary/aromatic N) is 1. The third-order valence-corrected chi connectivity index (χ3v) is 4.00. The Morgan fingerprint density at radius 3 is 2.44 bits per heavy atom. The van der Waals surface area contributed by atoms with Crippen molar-refractivity contribution in [2.45, 2.75) is 24.7 Å². The average molecular weight is 240 g/mol. The summed E-state index contributed by atoms with van der Waals surface area (Å²) in [5, 5.41) is 5.18. The van der Waals surface area contributed by atoms with Gasteiger partial charge in [-0.15, -0.1) is 0 Å². The predicted octanol–water partition coefficient (Wildman–Crippen LogP) is 1.24. The second-order valence-corrected chi connectivity index (χ2v) is 5.72. The highest BCUT2D eigenvalue weighted by molar-refractivity contribution is 7.89. The fourth-order valence-electron chi connectivity index (χ4n) is 2.07. The quantitative estimate of drug-likeness (QED) is 0.846. The molecule has 0 amide bonds. The standard InChI is InChI=1S/C11H16N2O2S/c1-9-4-5-10(13-6-2-3-7-13)8-11(9)16(12,14)15/h4-5,8H,2-3,6-7H2,1H3,(H2,12,14,15). The molecule has 0 saturated carbocycles. The van der Waals surface area contributed by atoms with E-state index >= 15 is 0 Å². The maximum Gasteiger partial charge on any atom is 0.238 e. The van der Waals surface area contributed by atoms with Crippen molar-refractivity contribution < 1.29 is 8.42 Å². The highest BCUT2D eigenvalue weighted by atomic mass is 32.2. The van der Waals surface area contributed by atoms with Crippen LogP contribution in [0, 0.1) is 6.92 Å². The molecular formula is C11H16N2O2S. The molecule has 1 aliphatic heterocycles. The number of nitrogens with two attached hydrogens (primary N) is 1. The molecule has 1 aromatic rings. The van der Waals surface area contributed by atoms with Crippen LogP contribution in [0.15, 0.2) is 23.1 Å². The van der Waals surface area contributed by atoms with Gasteiger partial charge in [0.15, 0.2) is 0 Å². The van der Waals surface area contributed by atoms with Gasteiger partial charge in [0, 0.05) is 18.8 Å². The molecule has 1 heterocycles. The Balaban J connectivity index is 2.43. The molecule has 0 unspecified atom stereocenters. The molecule has 5 heteroatoms. The van der Waals surface area contributed by atoms with E-state index in [0.717, 1.165) is 18.8 Å². The van der Waals surface area contributed by atoms with Crippen LogP contribution < -0.4 is 10.0 Å². The summed E-state index contributed by atoms with van der Waals surface area (Å²) in [5.74, 6) is 0. The van der Waals surface area contributed by atoms with Crippen molar-refractivity contribution in [1.29, 1.82) is 0 Å². The SMILES string of the molecule is Cc1ccc(N2CCCC2)cc1S(N)(=O)=O. The molecule has 0 bridgehead atoms. The van der Waals surface area contributed by atoms with E-state index in [1.54, 1.807) is 13.0 Å². The minimum atomic E-state index is -3.61. The Hall–Kier alpha value is -1.07. The molecule has 1 saturated heterocycles. The van der Waals surface area contributed by atoms with Crippen molar-refractivity contribution in [3.63, 3.8) is 0 Å². The van der Waals surface area contributed by atoms with Crippen LogP contribution in [0.25, 0.3) is 0 Å². The third kappa shape index (κ3) is 2.20. The summed E-state index contributed by atoms with van der Waals surface area (Å²) in [7, 11) is -3.61. The van der Waals surface area contributed by atoms with Crippen LogP contribution in [0.2, 0.25) is 0 Å².